The van der Waals surface area contributed by atoms with E-state index in [2.05, 4.69) is 9.97 Å². The standard InChI is InChI=1S/C17H20N4O2/c1-20(2)12-14(17(22)23-4)21(3)15-10-11-18-16(19-15)13-8-6-5-7-9-13/h5-12H,1-4H3. The summed E-state index contributed by atoms with van der Waals surface area (Å²) in [5.74, 6) is 0.780. The van der Waals surface area contributed by atoms with Gasteiger partial charge in [-0.15, -0.1) is 0 Å². The number of anilines is 1. The molecule has 0 aliphatic heterocycles. The number of hydrogen-bond donors (Lipinski definition) is 0. The van der Waals surface area contributed by atoms with Gasteiger partial charge in [-0.1, -0.05) is 30.3 Å². The normalized spacial score (nSPS) is 11.0. The Morgan fingerprint density at radius 2 is 1.83 bits per heavy atom. The van der Waals surface area contributed by atoms with E-state index in [9.17, 15) is 4.79 Å². The van der Waals surface area contributed by atoms with Crippen LogP contribution in [0.3, 0.4) is 0 Å². The molecule has 1 aromatic carbocycles. The van der Waals surface area contributed by atoms with Gasteiger partial charge in [-0.05, 0) is 6.07 Å². The number of nitrogens with zero attached hydrogens (tertiary/aromatic N) is 4. The lowest BCUT2D eigenvalue weighted by molar-refractivity contribution is -0.136. The summed E-state index contributed by atoms with van der Waals surface area (Å²) in [5.41, 5.74) is 1.30. The third-order valence-electron chi connectivity index (χ3n) is 3.15. The molecule has 2 rings (SSSR count). The van der Waals surface area contributed by atoms with E-state index in [0.717, 1.165) is 5.56 Å². The second-order valence-electron chi connectivity index (χ2n) is 5.13. The first kappa shape index (κ1) is 16.5. The molecule has 23 heavy (non-hydrogen) atoms. The van der Waals surface area contributed by atoms with Gasteiger partial charge < -0.3 is 14.5 Å². The summed E-state index contributed by atoms with van der Waals surface area (Å²) in [6.45, 7) is 0. The average Bonchev–Trinajstić information content (AvgIpc) is 2.59. The zero-order valence-electron chi connectivity index (χ0n) is 13.7. The van der Waals surface area contributed by atoms with E-state index >= 15 is 0 Å². The molecule has 0 aliphatic carbocycles. The van der Waals surface area contributed by atoms with E-state index in [0.29, 0.717) is 17.3 Å². The lowest BCUT2D eigenvalue weighted by Gasteiger charge is -2.21. The first-order valence-electron chi connectivity index (χ1n) is 7.11. The van der Waals surface area contributed by atoms with Crippen LogP contribution in [0.15, 0.2) is 54.5 Å². The molecule has 0 spiro atoms. The third-order valence-corrected chi connectivity index (χ3v) is 3.15. The van der Waals surface area contributed by atoms with Gasteiger partial charge in [0.15, 0.2) is 5.82 Å². The van der Waals surface area contributed by atoms with Crippen LogP contribution in [0.5, 0.6) is 0 Å². The monoisotopic (exact) mass is 312 g/mol. The van der Waals surface area contributed by atoms with Crippen LogP contribution < -0.4 is 4.90 Å². The van der Waals surface area contributed by atoms with Crippen molar-refractivity contribution < 1.29 is 9.53 Å². The number of methoxy groups -OCH3 is 1. The van der Waals surface area contributed by atoms with Crippen LogP contribution in [0, 0.1) is 0 Å². The maximum Gasteiger partial charge on any atom is 0.356 e. The van der Waals surface area contributed by atoms with Crippen LogP contribution in [0.1, 0.15) is 0 Å². The minimum atomic E-state index is -0.430. The number of rotatable bonds is 5. The van der Waals surface area contributed by atoms with Crippen molar-refractivity contribution >= 4 is 11.8 Å². The average molecular weight is 312 g/mol. The van der Waals surface area contributed by atoms with Gasteiger partial charge in [0.05, 0.1) is 7.11 Å². The van der Waals surface area contributed by atoms with E-state index in [4.69, 9.17) is 4.74 Å². The van der Waals surface area contributed by atoms with Crippen LogP contribution in [0.25, 0.3) is 11.4 Å². The van der Waals surface area contributed by atoms with Crippen molar-refractivity contribution in [3.8, 4) is 11.4 Å². The number of hydrogen-bond acceptors (Lipinski definition) is 6. The van der Waals surface area contributed by atoms with Crippen molar-refractivity contribution in [2.24, 2.45) is 0 Å². The number of likely N-dealkylation sites (N-methyl/N-ethyl adjacent to an activating group) is 1. The van der Waals surface area contributed by atoms with E-state index in [1.807, 2.05) is 44.4 Å². The fourth-order valence-electron chi connectivity index (χ4n) is 2.01. The zero-order chi connectivity index (χ0) is 16.8. The molecule has 120 valence electrons. The lowest BCUT2D eigenvalue weighted by Crippen LogP contribution is -2.27. The number of ether oxygens (including phenoxy) is 1. The molecule has 1 aromatic heterocycles. The smallest absolute Gasteiger partial charge is 0.356 e. The van der Waals surface area contributed by atoms with Crippen molar-refractivity contribution in [2.75, 3.05) is 33.2 Å². The Kier molecular flexibility index (Phi) is 5.30. The van der Waals surface area contributed by atoms with Gasteiger partial charge in [0.2, 0.25) is 0 Å². The van der Waals surface area contributed by atoms with Crippen LogP contribution in [-0.2, 0) is 9.53 Å². The molecular formula is C17H20N4O2. The summed E-state index contributed by atoms with van der Waals surface area (Å²) in [5, 5.41) is 0. The highest BCUT2D eigenvalue weighted by atomic mass is 16.5. The molecule has 6 heteroatoms. The van der Waals surface area contributed by atoms with Gasteiger partial charge in [-0.3, -0.25) is 0 Å². The highest BCUT2D eigenvalue weighted by Gasteiger charge is 2.18. The summed E-state index contributed by atoms with van der Waals surface area (Å²) in [6.07, 6.45) is 3.36. The summed E-state index contributed by atoms with van der Waals surface area (Å²) in [4.78, 5) is 24.3. The second kappa shape index (κ2) is 7.40. The number of esters is 1. The molecule has 0 atom stereocenters. The van der Waals surface area contributed by atoms with Crippen molar-refractivity contribution in [1.82, 2.24) is 14.9 Å². The minimum Gasteiger partial charge on any atom is -0.464 e. The molecule has 0 aliphatic rings. The van der Waals surface area contributed by atoms with Crippen molar-refractivity contribution in [2.45, 2.75) is 0 Å². The largest absolute Gasteiger partial charge is 0.464 e. The Morgan fingerprint density at radius 3 is 2.43 bits per heavy atom. The molecule has 0 saturated carbocycles. The first-order chi connectivity index (χ1) is 11.0. The molecule has 0 bridgehead atoms. The minimum absolute atomic E-state index is 0.384. The molecular weight excluding hydrogens is 292 g/mol. The van der Waals surface area contributed by atoms with Gasteiger partial charge in [0, 0.05) is 39.1 Å². The van der Waals surface area contributed by atoms with Crippen molar-refractivity contribution in [3.05, 3.63) is 54.5 Å². The fourth-order valence-corrected chi connectivity index (χ4v) is 2.01. The predicted molar refractivity (Wildman–Crippen MR) is 89.7 cm³/mol. The SMILES string of the molecule is COC(=O)C(=CN(C)C)N(C)c1ccnc(-c2ccccc2)n1. The molecule has 6 nitrogen and oxygen atoms in total. The van der Waals surface area contributed by atoms with E-state index < -0.39 is 5.97 Å². The van der Waals surface area contributed by atoms with Gasteiger partial charge in [-0.25, -0.2) is 14.8 Å². The number of benzene rings is 1. The molecule has 0 N–H and O–H groups in total. The number of carbonyl (C=O) groups is 1. The molecule has 0 saturated heterocycles. The lowest BCUT2D eigenvalue weighted by atomic mass is 10.2. The number of carbonyl (C=O) groups excluding carboxylic acids is 1. The van der Waals surface area contributed by atoms with Gasteiger partial charge >= 0.3 is 5.97 Å². The quantitative estimate of drug-likeness (QED) is 0.623. The summed E-state index contributed by atoms with van der Waals surface area (Å²) < 4.78 is 4.85. The molecule has 0 unspecified atom stereocenters. The first-order valence-corrected chi connectivity index (χ1v) is 7.11. The highest BCUT2D eigenvalue weighted by Crippen LogP contribution is 2.20. The van der Waals surface area contributed by atoms with Gasteiger partial charge in [0.25, 0.3) is 0 Å². The molecule has 2 aromatic rings. The Morgan fingerprint density at radius 1 is 1.13 bits per heavy atom. The Bertz CT molecular complexity index is 699. The van der Waals surface area contributed by atoms with Crippen LogP contribution in [-0.4, -0.2) is 49.1 Å². The third kappa shape index (κ3) is 4.06. The number of aromatic nitrogens is 2. The van der Waals surface area contributed by atoms with Gasteiger partial charge in [-0.2, -0.15) is 0 Å². The molecule has 0 radical (unpaired) electrons. The van der Waals surface area contributed by atoms with Crippen LogP contribution >= 0.6 is 0 Å². The molecule has 0 amide bonds. The van der Waals surface area contributed by atoms with Crippen LogP contribution in [0.4, 0.5) is 5.82 Å². The van der Waals surface area contributed by atoms with Crippen molar-refractivity contribution in [3.63, 3.8) is 0 Å². The van der Waals surface area contributed by atoms with E-state index in [-0.39, 0.29) is 0 Å². The van der Waals surface area contributed by atoms with E-state index in [1.165, 1.54) is 7.11 Å². The predicted octanol–water partition coefficient (Wildman–Crippen LogP) is 2.16. The zero-order valence-corrected chi connectivity index (χ0v) is 13.7. The maximum atomic E-state index is 12.0. The summed E-state index contributed by atoms with van der Waals surface area (Å²) >= 11 is 0. The maximum absolute atomic E-state index is 12.0. The van der Waals surface area contributed by atoms with Gasteiger partial charge in [0.1, 0.15) is 11.5 Å². The Labute approximate surface area is 136 Å². The Hall–Kier alpha value is -2.89. The van der Waals surface area contributed by atoms with Crippen molar-refractivity contribution in [1.29, 1.82) is 0 Å². The highest BCUT2D eigenvalue weighted by molar-refractivity contribution is 5.92. The summed E-state index contributed by atoms with van der Waals surface area (Å²) in [7, 11) is 6.80. The van der Waals surface area contributed by atoms with E-state index in [1.54, 1.807) is 35.3 Å². The summed E-state index contributed by atoms with van der Waals surface area (Å²) in [6, 6.07) is 11.4. The Balaban J connectivity index is 2.39. The molecule has 0 fully saturated rings. The molecule has 1 heterocycles. The van der Waals surface area contributed by atoms with Crippen LogP contribution in [0.2, 0.25) is 0 Å². The fraction of sp³-hybridized carbons (Fsp3) is 0.235. The second-order valence-corrected chi connectivity index (χ2v) is 5.13. The topological polar surface area (TPSA) is 58.6 Å².